The summed E-state index contributed by atoms with van der Waals surface area (Å²) in [5.41, 5.74) is 2.58. The highest BCUT2D eigenvalue weighted by Crippen LogP contribution is 2.25. The van der Waals surface area contributed by atoms with Gasteiger partial charge in [0, 0.05) is 24.4 Å². The Kier molecular flexibility index (Phi) is 5.81. The Morgan fingerprint density at radius 3 is 2.62 bits per heavy atom. The maximum Gasteiger partial charge on any atom is 0.254 e. The highest BCUT2D eigenvalue weighted by atomic mass is 16.5. The van der Waals surface area contributed by atoms with Crippen LogP contribution in [0.2, 0.25) is 0 Å². The van der Waals surface area contributed by atoms with Crippen molar-refractivity contribution in [3.05, 3.63) is 29.5 Å². The highest BCUT2D eigenvalue weighted by molar-refractivity contribution is 6.07. The number of rotatable bonds is 6. The van der Waals surface area contributed by atoms with Crippen molar-refractivity contribution in [2.45, 2.75) is 53.7 Å². The van der Waals surface area contributed by atoms with E-state index in [2.05, 4.69) is 20.4 Å². The standard InChI is InChI=1S/C21H27N5O3/c1-11(2)26-19-17(10-23-26)15(8-18(25-19)29-12(3)4)20(27)22-9-16-13(5)7-14(6)24-21(16)28/h7-8,10-12,16H,9H2,1-6H3,(H,22,27). The van der Waals surface area contributed by atoms with Crippen LogP contribution < -0.4 is 10.1 Å². The zero-order valence-electron chi connectivity index (χ0n) is 17.7. The number of aliphatic imine (C=N–C) groups is 1. The molecule has 3 heterocycles. The Hall–Kier alpha value is -3.03. The summed E-state index contributed by atoms with van der Waals surface area (Å²) in [7, 11) is 0. The average Bonchev–Trinajstić information content (AvgIpc) is 3.03. The van der Waals surface area contributed by atoms with Crippen molar-refractivity contribution in [3.8, 4) is 5.88 Å². The molecule has 1 atom stereocenters. The molecule has 1 aliphatic rings. The molecule has 3 rings (SSSR count). The first-order valence-corrected chi connectivity index (χ1v) is 9.77. The number of ether oxygens (including phenoxy) is 1. The van der Waals surface area contributed by atoms with E-state index in [1.54, 1.807) is 23.9 Å². The molecule has 1 N–H and O–H groups in total. The van der Waals surface area contributed by atoms with Crippen LogP contribution in [-0.2, 0) is 4.79 Å². The van der Waals surface area contributed by atoms with Gasteiger partial charge in [-0.15, -0.1) is 0 Å². The van der Waals surface area contributed by atoms with Crippen LogP contribution in [0.25, 0.3) is 11.0 Å². The average molecular weight is 397 g/mol. The first-order valence-electron chi connectivity index (χ1n) is 9.77. The third kappa shape index (κ3) is 4.36. The van der Waals surface area contributed by atoms with Gasteiger partial charge in [-0.25, -0.2) is 9.67 Å². The molecule has 1 unspecified atom stereocenters. The number of hydrogen-bond donors (Lipinski definition) is 1. The van der Waals surface area contributed by atoms with Crippen LogP contribution in [0.15, 0.2) is 28.9 Å². The lowest BCUT2D eigenvalue weighted by Crippen LogP contribution is -2.34. The van der Waals surface area contributed by atoms with E-state index in [0.717, 1.165) is 5.57 Å². The highest BCUT2D eigenvalue weighted by Gasteiger charge is 2.25. The molecule has 0 spiro atoms. The first kappa shape index (κ1) is 20.7. The summed E-state index contributed by atoms with van der Waals surface area (Å²) >= 11 is 0. The van der Waals surface area contributed by atoms with Gasteiger partial charge in [-0.1, -0.05) is 5.57 Å². The van der Waals surface area contributed by atoms with Gasteiger partial charge in [0.2, 0.25) is 5.88 Å². The zero-order valence-corrected chi connectivity index (χ0v) is 17.7. The minimum absolute atomic E-state index is 0.0824. The topological polar surface area (TPSA) is 98.5 Å². The van der Waals surface area contributed by atoms with Gasteiger partial charge < -0.3 is 10.1 Å². The van der Waals surface area contributed by atoms with Crippen LogP contribution >= 0.6 is 0 Å². The second kappa shape index (κ2) is 8.14. The molecule has 2 aromatic rings. The minimum Gasteiger partial charge on any atom is -0.475 e. The zero-order chi connectivity index (χ0) is 21.3. The summed E-state index contributed by atoms with van der Waals surface area (Å²) in [5, 5.41) is 7.89. The van der Waals surface area contributed by atoms with Crippen molar-refractivity contribution in [1.29, 1.82) is 0 Å². The Morgan fingerprint density at radius 1 is 1.28 bits per heavy atom. The van der Waals surface area contributed by atoms with E-state index in [-0.39, 0.29) is 30.5 Å². The quantitative estimate of drug-likeness (QED) is 0.808. The molecule has 1 aliphatic heterocycles. The Bertz CT molecular complexity index is 1020. The fraction of sp³-hybridized carbons (Fsp3) is 0.476. The van der Waals surface area contributed by atoms with E-state index < -0.39 is 5.92 Å². The van der Waals surface area contributed by atoms with E-state index in [9.17, 15) is 9.59 Å². The van der Waals surface area contributed by atoms with Gasteiger partial charge in [0.25, 0.3) is 11.8 Å². The van der Waals surface area contributed by atoms with Crippen molar-refractivity contribution in [1.82, 2.24) is 20.1 Å². The molecular weight excluding hydrogens is 370 g/mol. The molecule has 2 aromatic heterocycles. The third-order valence-electron chi connectivity index (χ3n) is 4.67. The smallest absolute Gasteiger partial charge is 0.254 e. The predicted octanol–water partition coefficient (Wildman–Crippen LogP) is 3.09. The third-order valence-corrected chi connectivity index (χ3v) is 4.67. The van der Waals surface area contributed by atoms with Gasteiger partial charge in [0.15, 0.2) is 5.65 Å². The number of nitrogens with one attached hydrogen (secondary N) is 1. The molecule has 8 heteroatoms. The van der Waals surface area contributed by atoms with Crippen molar-refractivity contribution in [2.75, 3.05) is 6.54 Å². The normalized spacial score (nSPS) is 17.0. The lowest BCUT2D eigenvalue weighted by Gasteiger charge is -2.19. The number of allylic oxidation sites excluding steroid dienone is 1. The molecule has 8 nitrogen and oxygen atoms in total. The Labute approximate surface area is 170 Å². The maximum absolute atomic E-state index is 13.0. The van der Waals surface area contributed by atoms with E-state index in [4.69, 9.17) is 4.74 Å². The van der Waals surface area contributed by atoms with E-state index in [1.807, 2.05) is 40.7 Å². The molecule has 0 fully saturated rings. The number of pyridine rings is 1. The molecular formula is C21H27N5O3. The summed E-state index contributed by atoms with van der Waals surface area (Å²) in [5.74, 6) is -0.629. The van der Waals surface area contributed by atoms with Gasteiger partial charge in [-0.05, 0) is 47.6 Å². The second-order valence-electron chi connectivity index (χ2n) is 7.84. The minimum atomic E-state index is -0.454. The number of aromatic nitrogens is 3. The molecule has 0 radical (unpaired) electrons. The number of nitrogens with zero attached hydrogens (tertiary/aromatic N) is 4. The lowest BCUT2D eigenvalue weighted by molar-refractivity contribution is -0.120. The van der Waals surface area contributed by atoms with Gasteiger partial charge in [0.05, 0.1) is 29.2 Å². The molecule has 0 saturated carbocycles. The summed E-state index contributed by atoms with van der Waals surface area (Å²) < 4.78 is 7.50. The fourth-order valence-electron chi connectivity index (χ4n) is 3.31. The summed E-state index contributed by atoms with van der Waals surface area (Å²) in [6.07, 6.45) is 3.42. The monoisotopic (exact) mass is 397 g/mol. The number of carbonyl (C=O) groups is 2. The van der Waals surface area contributed by atoms with E-state index >= 15 is 0 Å². The van der Waals surface area contributed by atoms with Crippen molar-refractivity contribution < 1.29 is 14.3 Å². The number of dihydropyridines is 1. The summed E-state index contributed by atoms with van der Waals surface area (Å²) in [6.45, 7) is 11.6. The van der Waals surface area contributed by atoms with Crippen molar-refractivity contribution in [2.24, 2.45) is 10.9 Å². The van der Waals surface area contributed by atoms with Crippen LogP contribution in [0.1, 0.15) is 57.9 Å². The Balaban J connectivity index is 1.90. The lowest BCUT2D eigenvalue weighted by atomic mass is 9.95. The van der Waals surface area contributed by atoms with Crippen LogP contribution in [0.5, 0.6) is 5.88 Å². The molecule has 0 aromatic carbocycles. The molecule has 29 heavy (non-hydrogen) atoms. The molecule has 0 saturated heterocycles. The molecule has 0 aliphatic carbocycles. The molecule has 154 valence electrons. The van der Waals surface area contributed by atoms with Crippen LogP contribution in [0.4, 0.5) is 0 Å². The van der Waals surface area contributed by atoms with Gasteiger partial charge >= 0.3 is 0 Å². The number of fused-ring (bicyclic) bond motifs is 1. The molecule has 2 amide bonds. The fourth-order valence-corrected chi connectivity index (χ4v) is 3.31. The Morgan fingerprint density at radius 2 is 2.00 bits per heavy atom. The molecule has 0 bridgehead atoms. The summed E-state index contributed by atoms with van der Waals surface area (Å²) in [4.78, 5) is 33.7. The number of hydrogen-bond acceptors (Lipinski definition) is 5. The van der Waals surface area contributed by atoms with Gasteiger partial charge in [0.1, 0.15) is 0 Å². The number of carbonyl (C=O) groups excluding carboxylic acids is 2. The number of amides is 2. The largest absolute Gasteiger partial charge is 0.475 e. The van der Waals surface area contributed by atoms with Gasteiger partial charge in [-0.3, -0.25) is 9.59 Å². The van der Waals surface area contributed by atoms with Gasteiger partial charge in [-0.2, -0.15) is 10.1 Å². The van der Waals surface area contributed by atoms with Crippen LogP contribution in [-0.4, -0.2) is 44.9 Å². The van der Waals surface area contributed by atoms with Crippen LogP contribution in [0, 0.1) is 5.92 Å². The summed E-state index contributed by atoms with van der Waals surface area (Å²) in [6, 6.07) is 1.71. The first-order chi connectivity index (χ1) is 13.7. The second-order valence-corrected chi connectivity index (χ2v) is 7.84. The maximum atomic E-state index is 13.0. The SMILES string of the molecule is CC1=CC(C)=NC(=O)C1CNC(=O)c1cc(OC(C)C)nc2c1cnn2C(C)C. The van der Waals surface area contributed by atoms with Crippen molar-refractivity contribution >= 4 is 28.6 Å². The van der Waals surface area contributed by atoms with Crippen LogP contribution in [0.3, 0.4) is 0 Å². The predicted molar refractivity (Wildman–Crippen MR) is 111 cm³/mol. The van der Waals surface area contributed by atoms with Crippen molar-refractivity contribution in [3.63, 3.8) is 0 Å². The van der Waals surface area contributed by atoms with E-state index in [1.165, 1.54) is 0 Å². The van der Waals surface area contributed by atoms with E-state index in [0.29, 0.717) is 28.2 Å².